The van der Waals surface area contributed by atoms with E-state index in [-0.39, 0.29) is 18.5 Å². The van der Waals surface area contributed by atoms with Crippen LogP contribution in [0.3, 0.4) is 0 Å². The average Bonchev–Trinajstić information content (AvgIpc) is 2.85. The predicted molar refractivity (Wildman–Crippen MR) is 63.5 cm³/mol. The maximum Gasteiger partial charge on any atom is 0.243 e. The molecule has 1 N–H and O–H groups in total. The molecule has 0 bridgehead atoms. The number of amides is 1. The van der Waals surface area contributed by atoms with Crippen molar-refractivity contribution in [3.63, 3.8) is 0 Å². The highest BCUT2D eigenvalue weighted by Gasteiger charge is 2.12. The normalized spacial score (nSPS) is 10.9. The Balaban J connectivity index is 2.04. The molecule has 0 aliphatic carbocycles. The SMILES string of the molecule is Cc1ccc(-c2nnn(CC(=O)NC(C)C)n2)o1. The minimum Gasteiger partial charge on any atom is -0.458 e. The molecule has 2 rings (SSSR count). The van der Waals surface area contributed by atoms with Gasteiger partial charge in [-0.1, -0.05) is 0 Å². The number of furan rings is 1. The maximum atomic E-state index is 11.5. The highest BCUT2D eigenvalue weighted by Crippen LogP contribution is 2.16. The van der Waals surface area contributed by atoms with Crippen molar-refractivity contribution in [2.75, 3.05) is 0 Å². The third-order valence-corrected chi connectivity index (χ3v) is 2.15. The van der Waals surface area contributed by atoms with Gasteiger partial charge < -0.3 is 9.73 Å². The number of nitrogens with zero attached hydrogens (tertiary/aromatic N) is 4. The Morgan fingerprint density at radius 3 is 2.89 bits per heavy atom. The first-order valence-corrected chi connectivity index (χ1v) is 5.68. The fraction of sp³-hybridized carbons (Fsp3) is 0.455. The van der Waals surface area contributed by atoms with Crippen LogP contribution >= 0.6 is 0 Å². The Labute approximate surface area is 104 Å². The van der Waals surface area contributed by atoms with Gasteiger partial charge in [0, 0.05) is 6.04 Å². The molecule has 0 aliphatic rings. The molecule has 2 aromatic rings. The molecule has 7 nitrogen and oxygen atoms in total. The number of tetrazole rings is 1. The Hall–Kier alpha value is -2.18. The fourth-order valence-electron chi connectivity index (χ4n) is 1.46. The zero-order valence-electron chi connectivity index (χ0n) is 10.5. The molecule has 0 spiro atoms. The molecule has 0 aliphatic heterocycles. The van der Waals surface area contributed by atoms with Gasteiger partial charge >= 0.3 is 0 Å². The lowest BCUT2D eigenvalue weighted by molar-refractivity contribution is -0.122. The van der Waals surface area contributed by atoms with Gasteiger partial charge in [-0.05, 0) is 38.1 Å². The van der Waals surface area contributed by atoms with Gasteiger partial charge in [-0.2, -0.15) is 4.80 Å². The number of rotatable bonds is 4. The van der Waals surface area contributed by atoms with E-state index in [0.29, 0.717) is 11.6 Å². The Morgan fingerprint density at radius 2 is 2.28 bits per heavy atom. The van der Waals surface area contributed by atoms with Crippen molar-refractivity contribution in [1.82, 2.24) is 25.5 Å². The first kappa shape index (κ1) is 12.3. The van der Waals surface area contributed by atoms with Gasteiger partial charge in [0.2, 0.25) is 11.7 Å². The standard InChI is InChI=1S/C11H15N5O2/c1-7(2)12-10(17)6-16-14-11(13-15-16)9-5-4-8(3)18-9/h4-5,7H,6H2,1-3H3,(H,12,17). The topological polar surface area (TPSA) is 85.8 Å². The Morgan fingerprint density at radius 1 is 1.50 bits per heavy atom. The predicted octanol–water partition coefficient (Wildman–Crippen LogP) is 0.766. The summed E-state index contributed by atoms with van der Waals surface area (Å²) in [4.78, 5) is 12.8. The molecule has 0 atom stereocenters. The van der Waals surface area contributed by atoms with Gasteiger partial charge in [0.15, 0.2) is 5.76 Å². The highest BCUT2D eigenvalue weighted by atomic mass is 16.3. The van der Waals surface area contributed by atoms with E-state index in [4.69, 9.17) is 4.42 Å². The number of aryl methyl sites for hydroxylation is 1. The van der Waals surface area contributed by atoms with Crippen molar-refractivity contribution in [2.45, 2.75) is 33.4 Å². The summed E-state index contributed by atoms with van der Waals surface area (Å²) in [5.74, 6) is 1.55. The van der Waals surface area contributed by atoms with Crippen molar-refractivity contribution in [1.29, 1.82) is 0 Å². The molecule has 0 saturated carbocycles. The van der Waals surface area contributed by atoms with E-state index in [1.807, 2.05) is 26.8 Å². The molecule has 0 unspecified atom stereocenters. The largest absolute Gasteiger partial charge is 0.458 e. The van der Waals surface area contributed by atoms with Gasteiger partial charge in [0.1, 0.15) is 12.3 Å². The van der Waals surface area contributed by atoms with Crippen LogP contribution < -0.4 is 5.32 Å². The van der Waals surface area contributed by atoms with Gasteiger partial charge in [-0.25, -0.2) is 0 Å². The summed E-state index contributed by atoms with van der Waals surface area (Å²) in [6.45, 7) is 5.67. The summed E-state index contributed by atoms with van der Waals surface area (Å²) in [7, 11) is 0. The quantitative estimate of drug-likeness (QED) is 0.864. The number of carbonyl (C=O) groups excluding carboxylic acids is 1. The Kier molecular flexibility index (Phi) is 3.40. The van der Waals surface area contributed by atoms with E-state index in [1.165, 1.54) is 4.80 Å². The van der Waals surface area contributed by atoms with E-state index in [2.05, 4.69) is 20.7 Å². The van der Waals surface area contributed by atoms with Gasteiger partial charge in [0.05, 0.1) is 0 Å². The summed E-state index contributed by atoms with van der Waals surface area (Å²) in [6, 6.07) is 3.68. The summed E-state index contributed by atoms with van der Waals surface area (Å²) in [5, 5.41) is 14.5. The molecule has 7 heteroatoms. The highest BCUT2D eigenvalue weighted by molar-refractivity contribution is 5.75. The van der Waals surface area contributed by atoms with Crippen molar-refractivity contribution in [2.24, 2.45) is 0 Å². The van der Waals surface area contributed by atoms with E-state index >= 15 is 0 Å². The van der Waals surface area contributed by atoms with Crippen molar-refractivity contribution >= 4 is 5.91 Å². The number of aromatic nitrogens is 4. The van der Waals surface area contributed by atoms with E-state index in [0.717, 1.165) is 5.76 Å². The second-order valence-electron chi connectivity index (χ2n) is 4.28. The third-order valence-electron chi connectivity index (χ3n) is 2.15. The first-order valence-electron chi connectivity index (χ1n) is 5.68. The molecule has 0 aromatic carbocycles. The summed E-state index contributed by atoms with van der Waals surface area (Å²) in [5.41, 5.74) is 0. The fourth-order valence-corrected chi connectivity index (χ4v) is 1.46. The summed E-state index contributed by atoms with van der Waals surface area (Å²) in [6.07, 6.45) is 0. The molecular weight excluding hydrogens is 234 g/mol. The first-order chi connectivity index (χ1) is 8.54. The Bertz CT molecular complexity index is 543. The second-order valence-corrected chi connectivity index (χ2v) is 4.28. The molecule has 2 aromatic heterocycles. The maximum absolute atomic E-state index is 11.5. The van der Waals surface area contributed by atoms with Crippen molar-refractivity contribution in [3.8, 4) is 11.6 Å². The van der Waals surface area contributed by atoms with Crippen LogP contribution in [0.1, 0.15) is 19.6 Å². The number of hydrogen-bond acceptors (Lipinski definition) is 5. The van der Waals surface area contributed by atoms with Crippen LogP contribution in [0.15, 0.2) is 16.5 Å². The van der Waals surface area contributed by atoms with E-state index in [9.17, 15) is 4.79 Å². The smallest absolute Gasteiger partial charge is 0.243 e. The molecule has 0 saturated heterocycles. The number of hydrogen-bond donors (Lipinski definition) is 1. The molecule has 0 radical (unpaired) electrons. The third kappa shape index (κ3) is 2.93. The van der Waals surface area contributed by atoms with E-state index in [1.54, 1.807) is 6.07 Å². The minimum atomic E-state index is -0.149. The lowest BCUT2D eigenvalue weighted by atomic mass is 10.4. The molecular formula is C11H15N5O2. The number of carbonyl (C=O) groups is 1. The van der Waals surface area contributed by atoms with Gasteiger partial charge in [-0.15, -0.1) is 10.2 Å². The molecule has 96 valence electrons. The lowest BCUT2D eigenvalue weighted by Gasteiger charge is -2.06. The van der Waals surface area contributed by atoms with Crippen LogP contribution in [-0.2, 0) is 11.3 Å². The second kappa shape index (κ2) is 4.99. The monoisotopic (exact) mass is 249 g/mol. The van der Waals surface area contributed by atoms with Crippen molar-refractivity contribution in [3.05, 3.63) is 17.9 Å². The molecule has 0 fully saturated rings. The number of nitrogens with one attached hydrogen (secondary N) is 1. The average molecular weight is 249 g/mol. The summed E-state index contributed by atoms with van der Waals surface area (Å²) >= 11 is 0. The molecule has 1 amide bonds. The lowest BCUT2D eigenvalue weighted by Crippen LogP contribution is -2.33. The van der Waals surface area contributed by atoms with Crippen molar-refractivity contribution < 1.29 is 9.21 Å². The van der Waals surface area contributed by atoms with Crippen LogP contribution in [0.25, 0.3) is 11.6 Å². The zero-order chi connectivity index (χ0) is 13.1. The zero-order valence-corrected chi connectivity index (χ0v) is 10.5. The van der Waals surface area contributed by atoms with Crippen LogP contribution in [-0.4, -0.2) is 32.2 Å². The molecule has 2 heterocycles. The van der Waals surface area contributed by atoms with Gasteiger partial charge in [-0.3, -0.25) is 4.79 Å². The van der Waals surface area contributed by atoms with Crippen LogP contribution in [0.5, 0.6) is 0 Å². The summed E-state index contributed by atoms with van der Waals surface area (Å²) < 4.78 is 5.37. The van der Waals surface area contributed by atoms with E-state index < -0.39 is 0 Å². The van der Waals surface area contributed by atoms with Crippen LogP contribution in [0.2, 0.25) is 0 Å². The molecule has 18 heavy (non-hydrogen) atoms. The minimum absolute atomic E-state index is 0.0465. The van der Waals surface area contributed by atoms with Gasteiger partial charge in [0.25, 0.3) is 0 Å². The van der Waals surface area contributed by atoms with Crippen LogP contribution in [0, 0.1) is 6.92 Å². The van der Waals surface area contributed by atoms with Crippen LogP contribution in [0.4, 0.5) is 0 Å².